The predicted molar refractivity (Wildman–Crippen MR) is 39.4 cm³/mol. The first-order chi connectivity index (χ1) is 4.83. The summed E-state index contributed by atoms with van der Waals surface area (Å²) in [5.41, 5.74) is 6.08. The Kier molecular flexibility index (Phi) is 2.07. The van der Waals surface area contributed by atoms with Gasteiger partial charge in [-0.15, -0.1) is 0 Å². The second-order valence-electron chi connectivity index (χ2n) is 1.81. The summed E-state index contributed by atoms with van der Waals surface area (Å²) in [6, 6.07) is 3.41. The van der Waals surface area contributed by atoms with Crippen molar-refractivity contribution in [2.75, 3.05) is 17.8 Å². The third kappa shape index (κ3) is 1.60. The van der Waals surface area contributed by atoms with E-state index in [4.69, 9.17) is 10.8 Å². The Balaban J connectivity index is 2.69. The van der Waals surface area contributed by atoms with Gasteiger partial charge in [0.1, 0.15) is 12.5 Å². The molecule has 0 aliphatic rings. The number of hydrogen-bond donors (Lipinski definition) is 3. The van der Waals surface area contributed by atoms with Gasteiger partial charge in [-0.1, -0.05) is 0 Å². The van der Waals surface area contributed by atoms with Crippen LogP contribution in [0, 0.1) is 0 Å². The number of aromatic nitrogens is 1. The molecule has 0 saturated heterocycles. The number of nitrogens with zero attached hydrogens (tertiary/aromatic N) is 1. The van der Waals surface area contributed by atoms with Crippen LogP contribution in [0.1, 0.15) is 0 Å². The van der Waals surface area contributed by atoms with Gasteiger partial charge >= 0.3 is 0 Å². The first-order valence-electron chi connectivity index (χ1n) is 2.89. The van der Waals surface area contributed by atoms with Crippen molar-refractivity contribution >= 4 is 11.5 Å². The number of aliphatic hydroxyl groups excluding tert-OH is 1. The zero-order valence-corrected chi connectivity index (χ0v) is 5.41. The largest absolute Gasteiger partial charge is 0.384 e. The average Bonchev–Trinajstić information content (AvgIpc) is 1.95. The number of anilines is 2. The van der Waals surface area contributed by atoms with E-state index in [1.54, 1.807) is 18.3 Å². The van der Waals surface area contributed by atoms with Gasteiger partial charge in [-0.05, 0) is 12.1 Å². The van der Waals surface area contributed by atoms with Crippen LogP contribution >= 0.6 is 0 Å². The first kappa shape index (κ1) is 6.82. The highest BCUT2D eigenvalue weighted by atomic mass is 16.3. The summed E-state index contributed by atoms with van der Waals surface area (Å²) >= 11 is 0. The second-order valence-corrected chi connectivity index (χ2v) is 1.81. The number of rotatable bonds is 2. The molecule has 0 spiro atoms. The molecule has 1 aromatic heterocycles. The summed E-state index contributed by atoms with van der Waals surface area (Å²) in [4.78, 5) is 3.80. The Morgan fingerprint density at radius 1 is 1.60 bits per heavy atom. The van der Waals surface area contributed by atoms with Gasteiger partial charge in [-0.3, -0.25) is 0 Å². The third-order valence-corrected chi connectivity index (χ3v) is 1.07. The molecule has 0 amide bonds. The number of nitrogens with two attached hydrogens (primary N) is 1. The maximum absolute atomic E-state index is 8.42. The third-order valence-electron chi connectivity index (χ3n) is 1.07. The zero-order chi connectivity index (χ0) is 7.40. The molecule has 4 nitrogen and oxygen atoms in total. The number of aliphatic hydroxyl groups is 1. The van der Waals surface area contributed by atoms with Crippen LogP contribution in [-0.4, -0.2) is 16.8 Å². The van der Waals surface area contributed by atoms with Crippen LogP contribution in [0.3, 0.4) is 0 Å². The van der Waals surface area contributed by atoms with Crippen molar-refractivity contribution in [3.05, 3.63) is 18.3 Å². The maximum Gasteiger partial charge on any atom is 0.123 e. The quantitative estimate of drug-likeness (QED) is 0.505. The average molecular weight is 139 g/mol. The molecule has 0 bridgehead atoms. The molecule has 54 valence electrons. The van der Waals surface area contributed by atoms with Crippen molar-refractivity contribution in [1.82, 2.24) is 4.98 Å². The van der Waals surface area contributed by atoms with Crippen LogP contribution in [0.5, 0.6) is 0 Å². The van der Waals surface area contributed by atoms with Gasteiger partial charge in [-0.2, -0.15) is 0 Å². The molecule has 0 unspecified atom stereocenters. The summed E-state index contributed by atoms with van der Waals surface area (Å²) in [6.07, 6.45) is 1.56. The number of nitrogens with one attached hydrogen (secondary N) is 1. The highest BCUT2D eigenvalue weighted by Gasteiger charge is 1.88. The minimum absolute atomic E-state index is 0.0917. The van der Waals surface area contributed by atoms with Crippen molar-refractivity contribution < 1.29 is 5.11 Å². The summed E-state index contributed by atoms with van der Waals surface area (Å²) in [6.45, 7) is -0.0917. The molecule has 0 saturated carbocycles. The van der Waals surface area contributed by atoms with E-state index in [1.165, 1.54) is 0 Å². The lowest BCUT2D eigenvalue weighted by Gasteiger charge is -1.99. The monoisotopic (exact) mass is 139 g/mol. The molecule has 1 rings (SSSR count). The fraction of sp³-hybridized carbons (Fsp3) is 0.167. The molecule has 0 atom stereocenters. The normalized spacial score (nSPS) is 9.30. The molecule has 1 heterocycles. The molecule has 10 heavy (non-hydrogen) atoms. The standard InChI is InChI=1S/C6H9N3O/c7-6-2-1-5(3-8-6)9-4-10/h1-3,9-10H,4H2,(H2,7,8). The van der Waals surface area contributed by atoms with Gasteiger partial charge < -0.3 is 16.2 Å². The summed E-state index contributed by atoms with van der Waals surface area (Å²) in [7, 11) is 0. The molecule has 0 aromatic carbocycles. The first-order valence-corrected chi connectivity index (χ1v) is 2.89. The Bertz CT molecular complexity index is 197. The van der Waals surface area contributed by atoms with Crippen molar-refractivity contribution in [2.24, 2.45) is 0 Å². The van der Waals surface area contributed by atoms with Gasteiger partial charge in [0.15, 0.2) is 0 Å². The van der Waals surface area contributed by atoms with E-state index in [0.717, 1.165) is 5.69 Å². The van der Waals surface area contributed by atoms with Gasteiger partial charge in [0, 0.05) is 0 Å². The van der Waals surface area contributed by atoms with Crippen molar-refractivity contribution in [3.8, 4) is 0 Å². The minimum Gasteiger partial charge on any atom is -0.384 e. The van der Waals surface area contributed by atoms with E-state index in [1.807, 2.05) is 0 Å². The van der Waals surface area contributed by atoms with Crippen LogP contribution in [0.25, 0.3) is 0 Å². The SMILES string of the molecule is Nc1ccc(NCO)cn1. The summed E-state index contributed by atoms with van der Waals surface area (Å²) < 4.78 is 0. The Labute approximate surface area is 58.7 Å². The van der Waals surface area contributed by atoms with Crippen LogP contribution in [-0.2, 0) is 0 Å². The molecular weight excluding hydrogens is 130 g/mol. The smallest absolute Gasteiger partial charge is 0.123 e. The molecule has 0 radical (unpaired) electrons. The lowest BCUT2D eigenvalue weighted by atomic mass is 10.4. The number of hydrogen-bond acceptors (Lipinski definition) is 4. The van der Waals surface area contributed by atoms with E-state index >= 15 is 0 Å². The lowest BCUT2D eigenvalue weighted by molar-refractivity contribution is 0.325. The van der Waals surface area contributed by atoms with E-state index in [9.17, 15) is 0 Å². The number of pyridine rings is 1. The van der Waals surface area contributed by atoms with E-state index in [2.05, 4.69) is 10.3 Å². The topological polar surface area (TPSA) is 71.2 Å². The summed E-state index contributed by atoms with van der Waals surface area (Å²) in [5.74, 6) is 0.475. The Hall–Kier alpha value is -1.29. The highest BCUT2D eigenvalue weighted by molar-refractivity contribution is 5.44. The van der Waals surface area contributed by atoms with Gasteiger partial charge in [-0.25, -0.2) is 4.98 Å². The fourth-order valence-electron chi connectivity index (χ4n) is 0.601. The highest BCUT2D eigenvalue weighted by Crippen LogP contribution is 2.05. The predicted octanol–water partition coefficient (Wildman–Crippen LogP) is 0.0255. The van der Waals surface area contributed by atoms with Crippen molar-refractivity contribution in [2.45, 2.75) is 0 Å². The van der Waals surface area contributed by atoms with Crippen molar-refractivity contribution in [3.63, 3.8) is 0 Å². The van der Waals surface area contributed by atoms with Crippen LogP contribution < -0.4 is 11.1 Å². The summed E-state index contributed by atoms with van der Waals surface area (Å²) in [5, 5.41) is 11.1. The van der Waals surface area contributed by atoms with Crippen LogP contribution in [0.4, 0.5) is 11.5 Å². The molecule has 4 heteroatoms. The Morgan fingerprint density at radius 2 is 2.40 bits per heavy atom. The lowest BCUT2D eigenvalue weighted by Crippen LogP contribution is -2.00. The number of nitrogen functional groups attached to an aromatic ring is 1. The van der Waals surface area contributed by atoms with Crippen LogP contribution in [0.15, 0.2) is 18.3 Å². The van der Waals surface area contributed by atoms with E-state index in [-0.39, 0.29) is 6.73 Å². The fourth-order valence-corrected chi connectivity index (χ4v) is 0.601. The Morgan fingerprint density at radius 3 is 2.90 bits per heavy atom. The second kappa shape index (κ2) is 3.03. The van der Waals surface area contributed by atoms with Gasteiger partial charge in [0.25, 0.3) is 0 Å². The molecular formula is C6H9N3O. The molecule has 4 N–H and O–H groups in total. The van der Waals surface area contributed by atoms with Gasteiger partial charge in [0.2, 0.25) is 0 Å². The molecule has 0 aliphatic heterocycles. The molecule has 1 aromatic rings. The van der Waals surface area contributed by atoms with Crippen LogP contribution in [0.2, 0.25) is 0 Å². The zero-order valence-electron chi connectivity index (χ0n) is 5.41. The minimum atomic E-state index is -0.0917. The maximum atomic E-state index is 8.42. The van der Waals surface area contributed by atoms with Crippen molar-refractivity contribution in [1.29, 1.82) is 0 Å². The van der Waals surface area contributed by atoms with Gasteiger partial charge in [0.05, 0.1) is 11.9 Å². The van der Waals surface area contributed by atoms with E-state index in [0.29, 0.717) is 5.82 Å². The molecule has 0 fully saturated rings. The van der Waals surface area contributed by atoms with E-state index < -0.39 is 0 Å². The molecule has 0 aliphatic carbocycles.